The van der Waals surface area contributed by atoms with Crippen LogP contribution < -0.4 is 5.32 Å². The van der Waals surface area contributed by atoms with Crippen LogP contribution in [0.2, 0.25) is 0 Å². The first-order valence-corrected chi connectivity index (χ1v) is 5.00. The van der Waals surface area contributed by atoms with Crippen LogP contribution in [0, 0.1) is 0 Å². The highest BCUT2D eigenvalue weighted by molar-refractivity contribution is 5.60. The van der Waals surface area contributed by atoms with Crippen LogP contribution >= 0.6 is 0 Å². The predicted molar refractivity (Wildman–Crippen MR) is 59.4 cm³/mol. The maximum absolute atomic E-state index is 4.31. The molecule has 0 saturated carbocycles. The Bertz CT molecular complexity index is 408. The third-order valence-electron chi connectivity index (χ3n) is 2.28. The molecule has 0 saturated heterocycles. The molecule has 4 heteroatoms. The van der Waals surface area contributed by atoms with E-state index in [2.05, 4.69) is 20.5 Å². The van der Waals surface area contributed by atoms with Crippen molar-refractivity contribution in [1.82, 2.24) is 20.5 Å². The first kappa shape index (κ1) is 9.86. The number of nitrogens with one attached hydrogen (secondary N) is 2. The zero-order valence-corrected chi connectivity index (χ0v) is 8.70. The highest BCUT2D eigenvalue weighted by Crippen LogP contribution is 2.19. The van der Waals surface area contributed by atoms with Gasteiger partial charge in [0, 0.05) is 30.4 Å². The zero-order chi connectivity index (χ0) is 10.5. The molecule has 0 aliphatic rings. The van der Waals surface area contributed by atoms with E-state index in [0.717, 1.165) is 29.9 Å². The summed E-state index contributed by atoms with van der Waals surface area (Å²) in [5, 5.41) is 10.2. The molecule has 0 aliphatic carbocycles. The fourth-order valence-electron chi connectivity index (χ4n) is 1.50. The van der Waals surface area contributed by atoms with Gasteiger partial charge in [0.15, 0.2) is 0 Å². The van der Waals surface area contributed by atoms with Gasteiger partial charge in [-0.2, -0.15) is 5.10 Å². The quantitative estimate of drug-likeness (QED) is 0.784. The van der Waals surface area contributed by atoms with Crippen LogP contribution in [0.1, 0.15) is 5.69 Å². The van der Waals surface area contributed by atoms with Gasteiger partial charge in [0.1, 0.15) is 0 Å². The van der Waals surface area contributed by atoms with Crippen LogP contribution in [0.3, 0.4) is 0 Å². The summed E-state index contributed by atoms with van der Waals surface area (Å²) in [4.78, 5) is 4.31. The summed E-state index contributed by atoms with van der Waals surface area (Å²) in [6, 6.07) is 5.89. The molecule has 15 heavy (non-hydrogen) atoms. The lowest BCUT2D eigenvalue weighted by Gasteiger charge is -2.01. The average Bonchev–Trinajstić information content (AvgIpc) is 2.75. The molecule has 2 N–H and O–H groups in total. The number of aromatic nitrogens is 3. The number of pyridine rings is 1. The molecule has 0 unspecified atom stereocenters. The third kappa shape index (κ3) is 2.22. The van der Waals surface area contributed by atoms with Crippen LogP contribution in [0.15, 0.2) is 30.6 Å². The Hall–Kier alpha value is -1.68. The van der Waals surface area contributed by atoms with Crippen molar-refractivity contribution in [3.05, 3.63) is 36.3 Å². The minimum absolute atomic E-state index is 0.933. The van der Waals surface area contributed by atoms with Gasteiger partial charge in [0.25, 0.3) is 0 Å². The normalized spacial score (nSPS) is 10.5. The predicted octanol–water partition coefficient (Wildman–Crippen LogP) is 1.23. The minimum Gasteiger partial charge on any atom is -0.319 e. The Kier molecular flexibility index (Phi) is 3.09. The fourth-order valence-corrected chi connectivity index (χ4v) is 1.50. The molecule has 78 valence electrons. The number of hydrogen-bond acceptors (Lipinski definition) is 3. The molecule has 2 rings (SSSR count). The molecule has 0 amide bonds. The molecule has 0 atom stereocenters. The summed E-state index contributed by atoms with van der Waals surface area (Å²) in [6.45, 7) is 0.933. The lowest BCUT2D eigenvalue weighted by molar-refractivity contribution is 0.773. The number of aromatic amines is 1. The maximum Gasteiger partial charge on any atom is 0.0736 e. The Morgan fingerprint density at radius 3 is 3.07 bits per heavy atom. The first-order chi connectivity index (χ1) is 7.42. The molecule has 4 nitrogen and oxygen atoms in total. The lowest BCUT2D eigenvalue weighted by atomic mass is 10.1. The van der Waals surface area contributed by atoms with Gasteiger partial charge in [0.2, 0.25) is 0 Å². The third-order valence-corrected chi connectivity index (χ3v) is 2.28. The number of H-pyrrole nitrogens is 1. The van der Waals surface area contributed by atoms with Crippen molar-refractivity contribution in [2.24, 2.45) is 0 Å². The van der Waals surface area contributed by atoms with Gasteiger partial charge in [-0.05, 0) is 19.2 Å². The van der Waals surface area contributed by atoms with Crippen LogP contribution in [0.5, 0.6) is 0 Å². The first-order valence-electron chi connectivity index (χ1n) is 5.00. The van der Waals surface area contributed by atoms with E-state index in [1.165, 1.54) is 0 Å². The molecule has 0 radical (unpaired) electrons. The maximum atomic E-state index is 4.31. The molecule has 0 fully saturated rings. The Morgan fingerprint density at radius 2 is 2.33 bits per heavy atom. The van der Waals surface area contributed by atoms with Crippen molar-refractivity contribution in [3.8, 4) is 11.3 Å². The van der Waals surface area contributed by atoms with Gasteiger partial charge < -0.3 is 5.32 Å². The number of nitrogens with zero attached hydrogens (tertiary/aromatic N) is 2. The van der Waals surface area contributed by atoms with E-state index in [1.54, 1.807) is 6.20 Å². The highest BCUT2D eigenvalue weighted by Gasteiger charge is 2.07. The summed E-state index contributed by atoms with van der Waals surface area (Å²) in [7, 11) is 1.94. The van der Waals surface area contributed by atoms with Crippen molar-refractivity contribution < 1.29 is 0 Å². The van der Waals surface area contributed by atoms with Crippen LogP contribution in [0.25, 0.3) is 11.3 Å². The molecule has 2 aromatic rings. The monoisotopic (exact) mass is 202 g/mol. The van der Waals surface area contributed by atoms with Gasteiger partial charge in [-0.25, -0.2) is 0 Å². The molecular weight excluding hydrogens is 188 g/mol. The average molecular weight is 202 g/mol. The van der Waals surface area contributed by atoms with Crippen molar-refractivity contribution >= 4 is 0 Å². The molecule has 0 aromatic carbocycles. The van der Waals surface area contributed by atoms with E-state index in [4.69, 9.17) is 0 Å². The Balaban J connectivity index is 2.25. The van der Waals surface area contributed by atoms with Crippen molar-refractivity contribution in [3.63, 3.8) is 0 Å². The highest BCUT2D eigenvalue weighted by atomic mass is 15.1. The second kappa shape index (κ2) is 4.70. The van der Waals surface area contributed by atoms with Crippen LogP contribution in [-0.4, -0.2) is 28.8 Å². The molecule has 0 aliphatic heterocycles. The molecule has 0 spiro atoms. The fraction of sp³-hybridized carbons (Fsp3) is 0.273. The second-order valence-corrected chi connectivity index (χ2v) is 3.33. The topological polar surface area (TPSA) is 53.6 Å². The van der Waals surface area contributed by atoms with E-state index in [1.807, 2.05) is 31.4 Å². The summed E-state index contributed by atoms with van der Waals surface area (Å²) in [5.41, 5.74) is 3.19. The van der Waals surface area contributed by atoms with Crippen molar-refractivity contribution in [1.29, 1.82) is 0 Å². The van der Waals surface area contributed by atoms with Crippen molar-refractivity contribution in [2.45, 2.75) is 6.42 Å². The standard InChI is InChI=1S/C11H14N4/c1-12-7-5-11-9(8-14-15-11)10-4-2-3-6-13-10/h2-4,6,8,12H,5,7H2,1H3,(H,14,15). The molecule has 2 heterocycles. The van der Waals surface area contributed by atoms with E-state index in [0.29, 0.717) is 0 Å². The van der Waals surface area contributed by atoms with Gasteiger partial charge in [-0.1, -0.05) is 6.07 Å². The van der Waals surface area contributed by atoms with Gasteiger partial charge in [-0.3, -0.25) is 10.1 Å². The molecule has 0 bridgehead atoms. The molecule has 2 aromatic heterocycles. The Labute approximate surface area is 88.8 Å². The van der Waals surface area contributed by atoms with E-state index < -0.39 is 0 Å². The second-order valence-electron chi connectivity index (χ2n) is 3.33. The number of rotatable bonds is 4. The lowest BCUT2D eigenvalue weighted by Crippen LogP contribution is -2.11. The minimum atomic E-state index is 0.933. The number of hydrogen-bond donors (Lipinski definition) is 2. The Morgan fingerprint density at radius 1 is 1.40 bits per heavy atom. The van der Waals surface area contributed by atoms with E-state index in [9.17, 15) is 0 Å². The smallest absolute Gasteiger partial charge is 0.0736 e. The zero-order valence-electron chi connectivity index (χ0n) is 8.70. The number of likely N-dealkylation sites (N-methyl/N-ethyl adjacent to an activating group) is 1. The van der Waals surface area contributed by atoms with Gasteiger partial charge in [0.05, 0.1) is 11.9 Å². The SMILES string of the molecule is CNCCc1[nH]ncc1-c1ccccn1. The summed E-state index contributed by atoms with van der Waals surface area (Å²) in [6.07, 6.45) is 4.56. The largest absolute Gasteiger partial charge is 0.319 e. The molecular formula is C11H14N4. The van der Waals surface area contributed by atoms with Gasteiger partial charge >= 0.3 is 0 Å². The van der Waals surface area contributed by atoms with Crippen molar-refractivity contribution in [2.75, 3.05) is 13.6 Å². The van der Waals surface area contributed by atoms with Gasteiger partial charge in [-0.15, -0.1) is 0 Å². The van der Waals surface area contributed by atoms with Crippen LogP contribution in [-0.2, 0) is 6.42 Å². The summed E-state index contributed by atoms with van der Waals surface area (Å²) >= 11 is 0. The summed E-state index contributed by atoms with van der Waals surface area (Å²) in [5.74, 6) is 0. The van der Waals surface area contributed by atoms with E-state index in [-0.39, 0.29) is 0 Å². The summed E-state index contributed by atoms with van der Waals surface area (Å²) < 4.78 is 0. The van der Waals surface area contributed by atoms with Crippen LogP contribution in [0.4, 0.5) is 0 Å². The van der Waals surface area contributed by atoms with E-state index >= 15 is 0 Å².